The number of nitrogens with zero attached hydrogens (tertiary/aromatic N) is 1. The Kier molecular flexibility index (Phi) is 2.91. The molecule has 0 aliphatic rings. The number of aromatic nitrogens is 1. The summed E-state index contributed by atoms with van der Waals surface area (Å²) in [5.41, 5.74) is 0.754. The quantitative estimate of drug-likeness (QED) is 0.671. The van der Waals surface area contributed by atoms with Crippen molar-refractivity contribution in [2.45, 2.75) is 0 Å². The van der Waals surface area contributed by atoms with Gasteiger partial charge >= 0.3 is 0 Å². The van der Waals surface area contributed by atoms with Crippen LogP contribution in [0, 0.1) is 5.82 Å². The molecular formula is C14H7BrFNO2. The van der Waals surface area contributed by atoms with E-state index >= 15 is 0 Å². The highest BCUT2D eigenvalue weighted by Gasteiger charge is 2.16. The van der Waals surface area contributed by atoms with E-state index in [1.165, 1.54) is 12.1 Å². The van der Waals surface area contributed by atoms with Crippen LogP contribution in [-0.4, -0.2) is 10.8 Å². The molecular weight excluding hydrogens is 313 g/mol. The van der Waals surface area contributed by atoms with Gasteiger partial charge in [-0.2, -0.15) is 0 Å². The van der Waals surface area contributed by atoms with Gasteiger partial charge in [0.25, 0.3) is 0 Å². The Morgan fingerprint density at radius 3 is 2.79 bits per heavy atom. The molecule has 0 amide bonds. The first-order valence-corrected chi connectivity index (χ1v) is 6.29. The number of fused-ring (bicyclic) bond motifs is 1. The summed E-state index contributed by atoms with van der Waals surface area (Å²) in [6, 6.07) is 9.70. The van der Waals surface area contributed by atoms with Gasteiger partial charge in [-0.3, -0.25) is 4.79 Å². The number of hydrogen-bond donors (Lipinski definition) is 0. The molecule has 2 aromatic heterocycles. The van der Waals surface area contributed by atoms with Crippen molar-refractivity contribution >= 4 is 32.7 Å². The lowest BCUT2D eigenvalue weighted by atomic mass is 10.2. The van der Waals surface area contributed by atoms with Crippen LogP contribution in [0.15, 0.2) is 51.5 Å². The number of hydrogen-bond acceptors (Lipinski definition) is 3. The zero-order valence-electron chi connectivity index (χ0n) is 9.56. The number of halogens is 2. The second kappa shape index (κ2) is 4.59. The highest BCUT2D eigenvalue weighted by Crippen LogP contribution is 2.27. The summed E-state index contributed by atoms with van der Waals surface area (Å²) in [7, 11) is 0. The van der Waals surface area contributed by atoms with Crippen molar-refractivity contribution in [1.82, 2.24) is 4.98 Å². The number of benzene rings is 1. The molecule has 1 aromatic carbocycles. The lowest BCUT2D eigenvalue weighted by Gasteiger charge is -1.96. The Bertz CT molecular complexity index is 765. The number of pyridine rings is 1. The van der Waals surface area contributed by atoms with Crippen molar-refractivity contribution in [3.8, 4) is 0 Å². The van der Waals surface area contributed by atoms with Gasteiger partial charge in [0.1, 0.15) is 17.1 Å². The van der Waals surface area contributed by atoms with Gasteiger partial charge in [-0.1, -0.05) is 12.1 Å². The zero-order chi connectivity index (χ0) is 13.4. The van der Waals surface area contributed by atoms with E-state index in [1.54, 1.807) is 6.07 Å². The lowest BCUT2D eigenvalue weighted by Crippen LogP contribution is -2.02. The van der Waals surface area contributed by atoms with Crippen molar-refractivity contribution in [1.29, 1.82) is 0 Å². The number of para-hydroxylation sites is 1. The molecule has 0 radical (unpaired) electrons. The Morgan fingerprint density at radius 2 is 2.11 bits per heavy atom. The van der Waals surface area contributed by atoms with Gasteiger partial charge in [0, 0.05) is 5.39 Å². The fraction of sp³-hybridized carbons (Fsp3) is 0. The maximum absolute atomic E-state index is 12.8. The summed E-state index contributed by atoms with van der Waals surface area (Å²) in [5.74, 6) is -0.673. The van der Waals surface area contributed by atoms with Crippen LogP contribution < -0.4 is 0 Å². The summed E-state index contributed by atoms with van der Waals surface area (Å²) in [5, 5.41) is 0.819. The molecule has 3 aromatic rings. The number of furan rings is 1. The Hall–Kier alpha value is -2.01. The van der Waals surface area contributed by atoms with E-state index < -0.39 is 5.82 Å². The van der Waals surface area contributed by atoms with Gasteiger partial charge in [0.2, 0.25) is 5.78 Å². The van der Waals surface area contributed by atoms with Gasteiger partial charge in [-0.05, 0) is 40.2 Å². The van der Waals surface area contributed by atoms with Crippen LogP contribution in [0.2, 0.25) is 0 Å². The van der Waals surface area contributed by atoms with Gasteiger partial charge in [-0.25, -0.2) is 9.37 Å². The predicted octanol–water partition coefficient (Wildman–Crippen LogP) is 3.96. The molecule has 3 nitrogen and oxygen atoms in total. The van der Waals surface area contributed by atoms with Crippen LogP contribution in [0.4, 0.5) is 4.39 Å². The molecule has 0 aliphatic carbocycles. The average Bonchev–Trinajstić information content (AvgIpc) is 2.84. The standard InChI is InChI=1S/C14H7BrFNO2/c15-10-3-1-2-8-6-12(19-14(8)10)13(18)11-5-4-9(16)7-17-11/h1-7H. The molecule has 0 N–H and O–H groups in total. The average molecular weight is 320 g/mol. The Labute approximate surface area is 116 Å². The number of carbonyl (C=O) groups excluding carboxylic acids is 1. The third-order valence-corrected chi connectivity index (χ3v) is 3.30. The van der Waals surface area contributed by atoms with Crippen molar-refractivity contribution in [2.75, 3.05) is 0 Å². The van der Waals surface area contributed by atoms with Crippen molar-refractivity contribution in [3.05, 3.63) is 64.3 Å². The van der Waals surface area contributed by atoms with E-state index in [1.807, 2.05) is 18.2 Å². The number of carbonyl (C=O) groups is 1. The van der Waals surface area contributed by atoms with Gasteiger partial charge in [0.15, 0.2) is 5.76 Å². The summed E-state index contributed by atoms with van der Waals surface area (Å²) in [4.78, 5) is 15.9. The van der Waals surface area contributed by atoms with Crippen LogP contribution >= 0.6 is 15.9 Å². The molecule has 2 heterocycles. The number of ketones is 1. The van der Waals surface area contributed by atoms with Crippen molar-refractivity contribution in [3.63, 3.8) is 0 Å². The van der Waals surface area contributed by atoms with Crippen LogP contribution in [0.5, 0.6) is 0 Å². The van der Waals surface area contributed by atoms with E-state index in [-0.39, 0.29) is 17.2 Å². The predicted molar refractivity (Wildman–Crippen MR) is 71.5 cm³/mol. The molecule has 94 valence electrons. The minimum Gasteiger partial charge on any atom is -0.451 e. The fourth-order valence-electron chi connectivity index (χ4n) is 1.78. The smallest absolute Gasteiger partial charge is 0.246 e. The summed E-state index contributed by atoms with van der Waals surface area (Å²) < 4.78 is 19.1. The van der Waals surface area contributed by atoms with Crippen LogP contribution in [0.1, 0.15) is 16.2 Å². The first-order chi connectivity index (χ1) is 9.15. The molecule has 0 fully saturated rings. The summed E-state index contributed by atoms with van der Waals surface area (Å²) >= 11 is 3.35. The van der Waals surface area contributed by atoms with E-state index in [4.69, 9.17) is 4.42 Å². The molecule has 0 atom stereocenters. The highest BCUT2D eigenvalue weighted by molar-refractivity contribution is 9.10. The topological polar surface area (TPSA) is 43.1 Å². The molecule has 19 heavy (non-hydrogen) atoms. The van der Waals surface area contributed by atoms with Gasteiger partial charge in [0.05, 0.1) is 10.7 Å². The third-order valence-electron chi connectivity index (χ3n) is 2.68. The van der Waals surface area contributed by atoms with Crippen LogP contribution in [0.3, 0.4) is 0 Å². The number of rotatable bonds is 2. The SMILES string of the molecule is O=C(c1ccc(F)cn1)c1cc2cccc(Br)c2o1. The largest absolute Gasteiger partial charge is 0.451 e. The normalized spacial score (nSPS) is 10.8. The summed E-state index contributed by atoms with van der Waals surface area (Å²) in [6.45, 7) is 0. The third kappa shape index (κ3) is 2.17. The molecule has 3 rings (SSSR count). The second-order valence-electron chi connectivity index (χ2n) is 3.96. The monoisotopic (exact) mass is 319 g/mol. The minimum atomic E-state index is -0.482. The highest BCUT2D eigenvalue weighted by atomic mass is 79.9. The van der Waals surface area contributed by atoms with Crippen molar-refractivity contribution in [2.24, 2.45) is 0 Å². The van der Waals surface area contributed by atoms with E-state index in [9.17, 15) is 9.18 Å². The molecule has 0 unspecified atom stereocenters. The molecule has 0 saturated carbocycles. The minimum absolute atomic E-state index is 0.150. The molecule has 0 spiro atoms. The Morgan fingerprint density at radius 1 is 1.26 bits per heavy atom. The van der Waals surface area contributed by atoms with Gasteiger partial charge in [-0.15, -0.1) is 0 Å². The first kappa shape index (κ1) is 12.0. The van der Waals surface area contributed by atoms with Crippen LogP contribution in [-0.2, 0) is 0 Å². The summed E-state index contributed by atoms with van der Waals surface area (Å²) in [6.07, 6.45) is 1.01. The second-order valence-corrected chi connectivity index (χ2v) is 4.81. The van der Waals surface area contributed by atoms with Crippen molar-refractivity contribution < 1.29 is 13.6 Å². The van der Waals surface area contributed by atoms with E-state index in [0.29, 0.717) is 5.58 Å². The fourth-order valence-corrected chi connectivity index (χ4v) is 2.24. The van der Waals surface area contributed by atoms with Crippen LogP contribution in [0.25, 0.3) is 11.0 Å². The molecule has 0 aliphatic heterocycles. The lowest BCUT2D eigenvalue weighted by molar-refractivity contribution is 0.101. The molecule has 0 bridgehead atoms. The van der Waals surface area contributed by atoms with E-state index in [2.05, 4.69) is 20.9 Å². The maximum atomic E-state index is 12.8. The molecule has 5 heteroatoms. The maximum Gasteiger partial charge on any atom is 0.246 e. The first-order valence-electron chi connectivity index (χ1n) is 5.49. The zero-order valence-corrected chi connectivity index (χ0v) is 11.1. The van der Waals surface area contributed by atoms with E-state index in [0.717, 1.165) is 16.1 Å². The Balaban J connectivity index is 2.06. The molecule has 0 saturated heterocycles. The van der Waals surface area contributed by atoms with Gasteiger partial charge < -0.3 is 4.42 Å².